The number of nitrogens with zero attached hydrogens (tertiary/aromatic N) is 2. The van der Waals surface area contributed by atoms with Crippen molar-refractivity contribution in [3.8, 4) is 0 Å². The van der Waals surface area contributed by atoms with Crippen molar-refractivity contribution in [3.63, 3.8) is 0 Å². The van der Waals surface area contributed by atoms with Crippen LogP contribution in [0.5, 0.6) is 0 Å². The maximum absolute atomic E-state index is 13.0. The molecule has 2 rings (SSSR count). The molecule has 0 bridgehead atoms. The fraction of sp³-hybridized carbons (Fsp3) is 0.231. The molecule has 0 aliphatic carbocycles. The molecule has 18 heavy (non-hydrogen) atoms. The van der Waals surface area contributed by atoms with Gasteiger partial charge in [0, 0.05) is 23.7 Å². The average Bonchev–Trinajstić information content (AvgIpc) is 2.32. The molecule has 0 aliphatic rings. The lowest BCUT2D eigenvalue weighted by atomic mass is 10.4. The number of thioether (sulfide) groups is 1. The van der Waals surface area contributed by atoms with E-state index in [-0.39, 0.29) is 11.4 Å². The zero-order chi connectivity index (χ0) is 13.1. The van der Waals surface area contributed by atoms with Crippen molar-refractivity contribution in [2.24, 2.45) is 7.05 Å². The van der Waals surface area contributed by atoms with Gasteiger partial charge in [-0.3, -0.25) is 9.36 Å². The molecule has 1 aromatic heterocycles. The highest BCUT2D eigenvalue weighted by Gasteiger charge is 2.04. The van der Waals surface area contributed by atoms with Crippen LogP contribution in [0.15, 0.2) is 40.0 Å². The average molecular weight is 264 g/mol. The lowest BCUT2D eigenvalue weighted by molar-refractivity contribution is 0.624. The number of hydrogen-bond acceptors (Lipinski definition) is 3. The first kappa shape index (κ1) is 12.8. The van der Waals surface area contributed by atoms with Crippen LogP contribution in [-0.2, 0) is 12.8 Å². The summed E-state index contributed by atoms with van der Waals surface area (Å²) in [5.74, 6) is 0.969. The molecule has 5 heteroatoms. The second-order valence-corrected chi connectivity index (χ2v) is 5.01. The maximum Gasteiger partial charge on any atom is 0.253 e. The van der Waals surface area contributed by atoms with Crippen molar-refractivity contribution in [2.45, 2.75) is 17.6 Å². The highest BCUT2D eigenvalue weighted by Crippen LogP contribution is 2.21. The minimum atomic E-state index is -0.258. The van der Waals surface area contributed by atoms with Gasteiger partial charge in [-0.25, -0.2) is 9.37 Å². The molecule has 0 N–H and O–H groups in total. The summed E-state index contributed by atoms with van der Waals surface area (Å²) in [4.78, 5) is 16.7. The van der Waals surface area contributed by atoms with Crippen molar-refractivity contribution in [3.05, 3.63) is 58.0 Å². The van der Waals surface area contributed by atoms with Crippen molar-refractivity contribution in [2.75, 3.05) is 0 Å². The molecule has 0 unspecified atom stereocenters. The van der Waals surface area contributed by atoms with Crippen LogP contribution < -0.4 is 5.56 Å². The van der Waals surface area contributed by atoms with E-state index in [0.29, 0.717) is 17.3 Å². The number of aromatic nitrogens is 2. The quantitative estimate of drug-likeness (QED) is 0.799. The smallest absolute Gasteiger partial charge is 0.253 e. The minimum Gasteiger partial charge on any atom is -0.299 e. The molecule has 0 spiro atoms. The van der Waals surface area contributed by atoms with Crippen LogP contribution in [0.1, 0.15) is 11.5 Å². The highest BCUT2D eigenvalue weighted by molar-refractivity contribution is 7.98. The third-order valence-electron chi connectivity index (χ3n) is 2.52. The molecule has 0 aliphatic heterocycles. The van der Waals surface area contributed by atoms with Gasteiger partial charge >= 0.3 is 0 Å². The van der Waals surface area contributed by atoms with E-state index in [1.807, 2.05) is 6.07 Å². The molecule has 0 saturated heterocycles. The van der Waals surface area contributed by atoms with E-state index in [9.17, 15) is 9.18 Å². The van der Waals surface area contributed by atoms with Crippen LogP contribution in [0.4, 0.5) is 4.39 Å². The summed E-state index contributed by atoms with van der Waals surface area (Å²) in [6.45, 7) is 1.79. The Morgan fingerprint density at radius 1 is 1.39 bits per heavy atom. The molecule has 0 saturated carbocycles. The van der Waals surface area contributed by atoms with Gasteiger partial charge in [0.1, 0.15) is 11.6 Å². The van der Waals surface area contributed by atoms with Gasteiger partial charge in [-0.2, -0.15) is 0 Å². The van der Waals surface area contributed by atoms with E-state index in [0.717, 1.165) is 4.90 Å². The lowest BCUT2D eigenvalue weighted by Crippen LogP contribution is -2.21. The second-order valence-electron chi connectivity index (χ2n) is 3.96. The van der Waals surface area contributed by atoms with Crippen molar-refractivity contribution < 1.29 is 4.39 Å². The Balaban J connectivity index is 2.18. The SMILES string of the molecule is Cc1cc(=O)n(C)c(CSc2cccc(F)c2)n1. The first-order valence-corrected chi connectivity index (χ1v) is 6.47. The topological polar surface area (TPSA) is 34.9 Å². The first-order valence-electron chi connectivity index (χ1n) is 5.48. The second kappa shape index (κ2) is 5.35. The predicted octanol–water partition coefficient (Wildman–Crippen LogP) is 2.52. The van der Waals surface area contributed by atoms with Crippen molar-refractivity contribution in [1.82, 2.24) is 9.55 Å². The van der Waals surface area contributed by atoms with Gasteiger partial charge in [-0.05, 0) is 25.1 Å². The van der Waals surface area contributed by atoms with Crippen molar-refractivity contribution >= 4 is 11.8 Å². The molecule has 3 nitrogen and oxygen atoms in total. The lowest BCUT2D eigenvalue weighted by Gasteiger charge is -2.07. The number of benzene rings is 1. The fourth-order valence-corrected chi connectivity index (χ4v) is 2.47. The fourth-order valence-electron chi connectivity index (χ4n) is 1.55. The van der Waals surface area contributed by atoms with Gasteiger partial charge in [0.05, 0.1) is 5.75 Å². The van der Waals surface area contributed by atoms with Gasteiger partial charge in [0.15, 0.2) is 0 Å². The van der Waals surface area contributed by atoms with Gasteiger partial charge < -0.3 is 0 Å². The van der Waals surface area contributed by atoms with Crippen molar-refractivity contribution in [1.29, 1.82) is 0 Å². The predicted molar refractivity (Wildman–Crippen MR) is 70.2 cm³/mol. The maximum atomic E-state index is 13.0. The number of hydrogen-bond donors (Lipinski definition) is 0. The normalized spacial score (nSPS) is 10.6. The number of halogens is 1. The van der Waals surface area contributed by atoms with Gasteiger partial charge in [0.2, 0.25) is 0 Å². The molecule has 1 heterocycles. The van der Waals surface area contributed by atoms with E-state index in [2.05, 4.69) is 4.98 Å². The molecule has 0 fully saturated rings. The van der Waals surface area contributed by atoms with Crippen LogP contribution in [0, 0.1) is 12.7 Å². The van der Waals surface area contributed by atoms with E-state index in [1.165, 1.54) is 34.5 Å². The van der Waals surface area contributed by atoms with Gasteiger partial charge in [0.25, 0.3) is 5.56 Å². The van der Waals surface area contributed by atoms with Crippen LogP contribution in [-0.4, -0.2) is 9.55 Å². The molecular weight excluding hydrogens is 251 g/mol. The molecule has 94 valence electrons. The molecular formula is C13H13FN2OS. The Kier molecular flexibility index (Phi) is 3.81. The first-order chi connectivity index (χ1) is 8.56. The van der Waals surface area contributed by atoms with Crippen LogP contribution >= 0.6 is 11.8 Å². The van der Waals surface area contributed by atoms with E-state index < -0.39 is 0 Å². The van der Waals surface area contributed by atoms with Crippen LogP contribution in [0.3, 0.4) is 0 Å². The Bertz CT molecular complexity index is 625. The summed E-state index contributed by atoms with van der Waals surface area (Å²) in [6, 6.07) is 7.88. The van der Waals surface area contributed by atoms with Gasteiger partial charge in [-0.1, -0.05) is 6.07 Å². The minimum absolute atomic E-state index is 0.0719. The highest BCUT2D eigenvalue weighted by atomic mass is 32.2. The van der Waals surface area contributed by atoms with Gasteiger partial charge in [-0.15, -0.1) is 11.8 Å². The Morgan fingerprint density at radius 2 is 2.17 bits per heavy atom. The standard InChI is InChI=1S/C13H13FN2OS/c1-9-6-13(17)16(2)12(15-9)8-18-11-5-3-4-10(14)7-11/h3-7H,8H2,1-2H3. The summed E-state index contributed by atoms with van der Waals surface area (Å²) >= 11 is 1.46. The molecule has 0 radical (unpaired) electrons. The zero-order valence-corrected chi connectivity index (χ0v) is 11.0. The third-order valence-corrected chi connectivity index (χ3v) is 3.51. The molecule has 0 atom stereocenters. The third kappa shape index (κ3) is 2.98. The summed E-state index contributed by atoms with van der Waals surface area (Å²) in [5, 5.41) is 0. The molecule has 2 aromatic rings. The summed E-state index contributed by atoms with van der Waals surface area (Å²) < 4.78 is 14.5. The summed E-state index contributed by atoms with van der Waals surface area (Å²) in [5.41, 5.74) is 0.630. The number of aryl methyl sites for hydroxylation is 1. The Hall–Kier alpha value is -1.62. The molecule has 1 aromatic carbocycles. The zero-order valence-electron chi connectivity index (χ0n) is 10.2. The number of rotatable bonds is 3. The van der Waals surface area contributed by atoms with Crippen LogP contribution in [0.2, 0.25) is 0 Å². The Morgan fingerprint density at radius 3 is 2.89 bits per heavy atom. The van der Waals surface area contributed by atoms with E-state index in [4.69, 9.17) is 0 Å². The van der Waals surface area contributed by atoms with Crippen LogP contribution in [0.25, 0.3) is 0 Å². The van der Waals surface area contributed by atoms with E-state index in [1.54, 1.807) is 20.0 Å². The summed E-state index contributed by atoms with van der Waals surface area (Å²) in [7, 11) is 1.69. The summed E-state index contributed by atoms with van der Waals surface area (Å²) in [6.07, 6.45) is 0. The molecule has 0 amide bonds. The van der Waals surface area contributed by atoms with E-state index >= 15 is 0 Å². The monoisotopic (exact) mass is 264 g/mol. The largest absolute Gasteiger partial charge is 0.299 e. The Labute approximate surface area is 109 Å².